The van der Waals surface area contributed by atoms with Gasteiger partial charge in [0.1, 0.15) is 6.04 Å². The van der Waals surface area contributed by atoms with Crippen molar-refractivity contribution in [1.29, 1.82) is 0 Å². The number of carbonyl (C=O) groups excluding carboxylic acids is 5. The average molecular weight is 592 g/mol. The molecule has 0 radical (unpaired) electrons. The highest BCUT2D eigenvalue weighted by Gasteiger charge is 2.69. The Morgan fingerprint density at radius 1 is 1.12 bits per heavy atom. The number of Topliss-reactive ketones (excluding diaryl/α,β-unsaturated/α-hetero) is 1. The number of hydrogen-bond acceptors (Lipinski definition) is 6. The van der Waals surface area contributed by atoms with Crippen molar-refractivity contribution in [2.24, 2.45) is 35.0 Å². The van der Waals surface area contributed by atoms with Gasteiger partial charge in [-0.25, -0.2) is 0 Å². The van der Waals surface area contributed by atoms with Gasteiger partial charge in [-0.05, 0) is 72.3 Å². The first kappa shape index (κ1) is 31.0. The van der Waals surface area contributed by atoms with Crippen molar-refractivity contribution in [2.45, 2.75) is 77.8 Å². The molecular weight excluding hydrogens is 546 g/mol. The number of fused-ring (bicyclic) bond motifs is 2. The first-order chi connectivity index (χ1) is 20.6. The Bertz CT molecular complexity index is 1260. The van der Waals surface area contributed by atoms with Crippen molar-refractivity contribution in [3.8, 4) is 0 Å². The molecule has 3 fully saturated rings. The Hall–Kier alpha value is -3.49. The number of benzene rings is 1. The zero-order valence-electron chi connectivity index (χ0n) is 25.6. The molecule has 1 aromatic rings. The van der Waals surface area contributed by atoms with Gasteiger partial charge in [-0.3, -0.25) is 24.0 Å². The third-order valence-corrected chi connectivity index (χ3v) is 10.1. The molecule has 4 aliphatic rings. The summed E-state index contributed by atoms with van der Waals surface area (Å²) in [5.41, 5.74) is 2.24. The maximum absolute atomic E-state index is 14.4. The fourth-order valence-electron chi connectivity index (χ4n) is 7.32. The molecular formula is C34H45N3O6. The van der Waals surface area contributed by atoms with Gasteiger partial charge < -0.3 is 20.3 Å². The molecule has 9 nitrogen and oxygen atoms in total. The Balaban J connectivity index is 1.35. The Labute approximate surface area is 254 Å². The SMILES string of the molecule is C=CCNC(=O)C(=O)C(CCC)NC(=O)[C@@H]1[C@H]2[C@@H](CN1C(=O)[C@@H](CC(=O)OCC1CC1)C1Cc3ccccc3C1)C2(C)C. The number of piperidine rings is 1. The van der Waals surface area contributed by atoms with Crippen LogP contribution < -0.4 is 10.6 Å². The quantitative estimate of drug-likeness (QED) is 0.195. The first-order valence-corrected chi connectivity index (χ1v) is 15.8. The van der Waals surface area contributed by atoms with Crippen LogP contribution in [0.15, 0.2) is 36.9 Å². The Kier molecular flexibility index (Phi) is 9.09. The number of nitrogens with zero attached hydrogens (tertiary/aromatic N) is 1. The topological polar surface area (TPSA) is 122 Å². The van der Waals surface area contributed by atoms with Crippen molar-refractivity contribution in [3.63, 3.8) is 0 Å². The summed E-state index contributed by atoms with van der Waals surface area (Å²) < 4.78 is 5.57. The van der Waals surface area contributed by atoms with Crippen LogP contribution >= 0.6 is 0 Å². The summed E-state index contributed by atoms with van der Waals surface area (Å²) in [6, 6.07) is 6.36. The molecule has 3 aliphatic carbocycles. The molecule has 232 valence electrons. The van der Waals surface area contributed by atoms with Gasteiger partial charge >= 0.3 is 5.97 Å². The smallest absolute Gasteiger partial charge is 0.306 e. The highest BCUT2D eigenvalue weighted by Crippen LogP contribution is 2.65. The van der Waals surface area contributed by atoms with Crippen LogP contribution in [-0.2, 0) is 41.6 Å². The number of nitrogens with one attached hydrogen (secondary N) is 2. The summed E-state index contributed by atoms with van der Waals surface area (Å²) in [6.07, 6.45) is 5.87. The summed E-state index contributed by atoms with van der Waals surface area (Å²) in [4.78, 5) is 68.4. The molecule has 0 aromatic heterocycles. The van der Waals surface area contributed by atoms with Crippen molar-refractivity contribution in [2.75, 3.05) is 19.7 Å². The van der Waals surface area contributed by atoms with Crippen LogP contribution in [0.2, 0.25) is 0 Å². The Morgan fingerprint density at radius 2 is 1.79 bits per heavy atom. The van der Waals surface area contributed by atoms with E-state index in [0.717, 1.165) is 12.8 Å². The first-order valence-electron chi connectivity index (χ1n) is 15.8. The van der Waals surface area contributed by atoms with Gasteiger partial charge in [-0.2, -0.15) is 0 Å². The molecule has 3 amide bonds. The number of rotatable bonds is 14. The lowest BCUT2D eigenvalue weighted by atomic mass is 9.85. The molecule has 1 aromatic carbocycles. The van der Waals surface area contributed by atoms with Gasteiger partial charge in [0.05, 0.1) is 25.0 Å². The molecule has 1 heterocycles. The second kappa shape index (κ2) is 12.6. The van der Waals surface area contributed by atoms with Crippen LogP contribution in [0.3, 0.4) is 0 Å². The van der Waals surface area contributed by atoms with E-state index in [-0.39, 0.29) is 48.0 Å². The zero-order valence-corrected chi connectivity index (χ0v) is 25.6. The minimum atomic E-state index is -0.988. The van der Waals surface area contributed by atoms with Crippen LogP contribution in [0.25, 0.3) is 0 Å². The summed E-state index contributed by atoms with van der Waals surface area (Å²) >= 11 is 0. The van der Waals surface area contributed by atoms with Gasteiger partial charge in [0, 0.05) is 13.1 Å². The van der Waals surface area contributed by atoms with E-state index in [1.54, 1.807) is 4.90 Å². The molecule has 1 aliphatic heterocycles. The highest BCUT2D eigenvalue weighted by molar-refractivity contribution is 6.38. The molecule has 43 heavy (non-hydrogen) atoms. The molecule has 2 N–H and O–H groups in total. The predicted molar refractivity (Wildman–Crippen MR) is 160 cm³/mol. The molecule has 0 bridgehead atoms. The number of ketones is 1. The summed E-state index contributed by atoms with van der Waals surface area (Å²) in [5, 5.41) is 5.34. The van der Waals surface area contributed by atoms with E-state index in [1.807, 2.05) is 19.1 Å². The lowest BCUT2D eigenvalue weighted by Crippen LogP contribution is -2.56. The van der Waals surface area contributed by atoms with Crippen LogP contribution in [0.1, 0.15) is 64.0 Å². The van der Waals surface area contributed by atoms with Gasteiger partial charge in [0.2, 0.25) is 17.6 Å². The Morgan fingerprint density at radius 3 is 2.40 bits per heavy atom. The number of ether oxygens (including phenoxy) is 1. The lowest BCUT2D eigenvalue weighted by molar-refractivity contribution is -0.153. The number of carbonyl (C=O) groups is 5. The average Bonchev–Trinajstić information content (AvgIpc) is 3.76. The minimum absolute atomic E-state index is 0.0196. The van der Waals surface area contributed by atoms with Crippen molar-refractivity contribution < 1.29 is 28.7 Å². The van der Waals surface area contributed by atoms with Crippen LogP contribution in [0.5, 0.6) is 0 Å². The number of esters is 1. The summed E-state index contributed by atoms with van der Waals surface area (Å²) in [5.74, 6) is -2.65. The van der Waals surface area contributed by atoms with Crippen LogP contribution in [0, 0.1) is 35.0 Å². The zero-order chi connectivity index (χ0) is 30.9. The standard InChI is InChI=1S/C34H45N3O6/c1-5-9-26(30(39)32(41)35-14-6-2)36-31(40)29-28-25(34(28,3)4)18-37(29)33(42)24(17-27(38)43-19-20-12-13-20)23-15-21-10-7-8-11-22(21)16-23/h6-8,10-11,20,23-26,28-29H,2,5,9,12-19H2,1,3-4H3,(H,35,41)(H,36,40)/t24-,25+,26?,28+,29-/m0/s1. The molecule has 5 rings (SSSR count). The second-order valence-electron chi connectivity index (χ2n) is 13.5. The van der Waals surface area contributed by atoms with Crippen LogP contribution in [0.4, 0.5) is 0 Å². The van der Waals surface area contributed by atoms with Gasteiger partial charge in [-0.15, -0.1) is 6.58 Å². The van der Waals surface area contributed by atoms with Crippen molar-refractivity contribution in [1.82, 2.24) is 15.5 Å². The summed E-state index contributed by atoms with van der Waals surface area (Å²) in [6.45, 7) is 10.6. The number of likely N-dealkylation sites (tertiary alicyclic amines) is 1. The molecule has 5 atom stereocenters. The molecule has 0 spiro atoms. The van der Waals surface area contributed by atoms with Gasteiger partial charge in [0.25, 0.3) is 5.91 Å². The number of amides is 3. The molecule has 1 saturated heterocycles. The predicted octanol–water partition coefficient (Wildman–Crippen LogP) is 3.00. The van der Waals surface area contributed by atoms with Crippen LogP contribution in [-0.4, -0.2) is 66.2 Å². The van der Waals surface area contributed by atoms with E-state index in [2.05, 4.69) is 43.2 Å². The van der Waals surface area contributed by atoms with Crippen molar-refractivity contribution >= 4 is 29.5 Å². The maximum atomic E-state index is 14.4. The van der Waals surface area contributed by atoms with Crippen molar-refractivity contribution in [3.05, 3.63) is 48.0 Å². The van der Waals surface area contributed by atoms with Gasteiger partial charge in [-0.1, -0.05) is 57.5 Å². The van der Waals surface area contributed by atoms with Gasteiger partial charge in [0.15, 0.2) is 0 Å². The number of hydrogen-bond donors (Lipinski definition) is 2. The highest BCUT2D eigenvalue weighted by atomic mass is 16.5. The summed E-state index contributed by atoms with van der Waals surface area (Å²) in [7, 11) is 0. The van der Waals surface area contributed by atoms with E-state index in [1.165, 1.54) is 17.2 Å². The molecule has 9 heteroatoms. The van der Waals surface area contributed by atoms with E-state index in [4.69, 9.17) is 4.74 Å². The van der Waals surface area contributed by atoms with E-state index < -0.39 is 35.6 Å². The maximum Gasteiger partial charge on any atom is 0.306 e. The fraction of sp³-hybridized carbons (Fsp3) is 0.618. The minimum Gasteiger partial charge on any atom is -0.465 e. The lowest BCUT2D eigenvalue weighted by Gasteiger charge is -2.35. The third-order valence-electron chi connectivity index (χ3n) is 10.1. The molecule has 2 saturated carbocycles. The largest absolute Gasteiger partial charge is 0.465 e. The second-order valence-corrected chi connectivity index (χ2v) is 13.5. The van der Waals surface area contributed by atoms with E-state index in [0.29, 0.717) is 44.8 Å². The monoisotopic (exact) mass is 591 g/mol. The van der Waals surface area contributed by atoms with E-state index in [9.17, 15) is 24.0 Å². The van der Waals surface area contributed by atoms with E-state index >= 15 is 0 Å². The molecule has 1 unspecified atom stereocenters. The third kappa shape index (κ3) is 6.55. The normalized spacial score (nSPS) is 24.7. The fourth-order valence-corrected chi connectivity index (χ4v) is 7.32.